The molecule has 0 aliphatic carbocycles. The van der Waals surface area contributed by atoms with Crippen LogP contribution < -0.4 is 16.6 Å². The largest absolute Gasteiger partial charge is 0.350 e. The van der Waals surface area contributed by atoms with E-state index in [9.17, 15) is 14.4 Å². The van der Waals surface area contributed by atoms with Crippen LogP contribution in [0.2, 0.25) is 0 Å². The second kappa shape index (κ2) is 8.16. The van der Waals surface area contributed by atoms with Gasteiger partial charge in [0.15, 0.2) is 0 Å². The van der Waals surface area contributed by atoms with Crippen molar-refractivity contribution < 1.29 is 4.79 Å². The highest BCUT2D eigenvalue weighted by molar-refractivity contribution is 5.79. The van der Waals surface area contributed by atoms with Crippen LogP contribution in [0, 0.1) is 0 Å². The minimum Gasteiger partial charge on any atom is -0.350 e. The van der Waals surface area contributed by atoms with Crippen LogP contribution in [-0.4, -0.2) is 30.2 Å². The standard InChI is InChI=1S/C21H20N6O3/c1-14(15-6-8-16(9-7-15)27-13-22-12-23-27)24-19(28)10-11-26-18-5-3-2-4-17(18)20(29)25-21(26)30/h2-9,12-14H,10-11H2,1H3,(H,24,28)(H,25,29,30). The highest BCUT2D eigenvalue weighted by atomic mass is 16.2. The first-order valence-corrected chi connectivity index (χ1v) is 9.49. The summed E-state index contributed by atoms with van der Waals surface area (Å²) in [5.41, 5.74) is 1.37. The van der Waals surface area contributed by atoms with Crippen molar-refractivity contribution >= 4 is 16.8 Å². The van der Waals surface area contributed by atoms with Crippen molar-refractivity contribution in [1.82, 2.24) is 29.6 Å². The first-order chi connectivity index (χ1) is 14.5. The number of aromatic amines is 1. The van der Waals surface area contributed by atoms with E-state index in [1.54, 1.807) is 35.3 Å². The molecule has 1 unspecified atom stereocenters. The minimum absolute atomic E-state index is 0.108. The summed E-state index contributed by atoms with van der Waals surface area (Å²) in [6.45, 7) is 2.06. The zero-order valence-electron chi connectivity index (χ0n) is 16.3. The molecular formula is C21H20N6O3. The SMILES string of the molecule is CC(NC(=O)CCn1c(=O)[nH]c(=O)c2ccccc21)c1ccc(-n2cncn2)cc1. The van der Waals surface area contributed by atoms with Crippen molar-refractivity contribution in [2.75, 3.05) is 0 Å². The molecule has 0 radical (unpaired) electrons. The van der Waals surface area contributed by atoms with Gasteiger partial charge in [-0.3, -0.25) is 19.1 Å². The summed E-state index contributed by atoms with van der Waals surface area (Å²) in [4.78, 5) is 42.8. The lowest BCUT2D eigenvalue weighted by Gasteiger charge is -2.15. The molecule has 1 atom stereocenters. The maximum absolute atomic E-state index is 12.4. The second-order valence-electron chi connectivity index (χ2n) is 6.90. The van der Waals surface area contributed by atoms with Gasteiger partial charge in [0.25, 0.3) is 5.56 Å². The molecular weight excluding hydrogens is 384 g/mol. The molecule has 2 aromatic carbocycles. The third-order valence-corrected chi connectivity index (χ3v) is 4.92. The predicted molar refractivity (Wildman–Crippen MR) is 111 cm³/mol. The fourth-order valence-electron chi connectivity index (χ4n) is 3.33. The summed E-state index contributed by atoms with van der Waals surface area (Å²) >= 11 is 0. The highest BCUT2D eigenvalue weighted by Gasteiger charge is 2.12. The summed E-state index contributed by atoms with van der Waals surface area (Å²) in [5, 5.41) is 7.44. The zero-order valence-corrected chi connectivity index (χ0v) is 16.3. The molecule has 9 heteroatoms. The molecule has 0 aliphatic heterocycles. The number of aryl methyl sites for hydroxylation is 1. The van der Waals surface area contributed by atoms with Crippen molar-refractivity contribution in [3.8, 4) is 5.69 Å². The molecule has 2 N–H and O–H groups in total. The zero-order chi connectivity index (χ0) is 21.1. The Bertz CT molecular complexity index is 1290. The lowest BCUT2D eigenvalue weighted by molar-refractivity contribution is -0.121. The van der Waals surface area contributed by atoms with E-state index in [-0.39, 0.29) is 24.9 Å². The number of rotatable bonds is 6. The summed E-state index contributed by atoms with van der Waals surface area (Å²) in [5.74, 6) is -0.190. The summed E-state index contributed by atoms with van der Waals surface area (Å²) in [6, 6.07) is 14.3. The van der Waals surface area contributed by atoms with Gasteiger partial charge in [-0.05, 0) is 36.8 Å². The Balaban J connectivity index is 1.42. The first-order valence-electron chi connectivity index (χ1n) is 9.49. The molecule has 30 heavy (non-hydrogen) atoms. The maximum Gasteiger partial charge on any atom is 0.328 e. The third-order valence-electron chi connectivity index (χ3n) is 4.92. The quantitative estimate of drug-likeness (QED) is 0.506. The van der Waals surface area contributed by atoms with Gasteiger partial charge in [-0.2, -0.15) is 5.10 Å². The fourth-order valence-corrected chi connectivity index (χ4v) is 3.33. The van der Waals surface area contributed by atoms with Crippen LogP contribution in [0.3, 0.4) is 0 Å². The molecule has 2 aromatic heterocycles. The number of carbonyl (C=O) groups excluding carboxylic acids is 1. The number of hydrogen-bond acceptors (Lipinski definition) is 5. The average Bonchev–Trinajstić information content (AvgIpc) is 3.28. The number of H-pyrrole nitrogens is 1. The van der Waals surface area contributed by atoms with Gasteiger partial charge in [0, 0.05) is 13.0 Å². The molecule has 0 spiro atoms. The maximum atomic E-state index is 12.4. The Morgan fingerprint density at radius 3 is 2.63 bits per heavy atom. The van der Waals surface area contributed by atoms with E-state index in [1.165, 1.54) is 10.9 Å². The number of hydrogen-bond donors (Lipinski definition) is 2. The van der Waals surface area contributed by atoms with Gasteiger partial charge in [0.2, 0.25) is 5.91 Å². The molecule has 0 bridgehead atoms. The molecule has 9 nitrogen and oxygen atoms in total. The lowest BCUT2D eigenvalue weighted by atomic mass is 10.1. The van der Waals surface area contributed by atoms with E-state index in [2.05, 4.69) is 20.4 Å². The Hall–Kier alpha value is -4.01. The smallest absolute Gasteiger partial charge is 0.328 e. The monoisotopic (exact) mass is 404 g/mol. The van der Waals surface area contributed by atoms with Crippen molar-refractivity contribution in [3.05, 3.63) is 87.6 Å². The van der Waals surface area contributed by atoms with Crippen molar-refractivity contribution in [2.24, 2.45) is 0 Å². The van der Waals surface area contributed by atoms with Crippen LogP contribution in [0.15, 0.2) is 70.8 Å². The molecule has 0 saturated carbocycles. The van der Waals surface area contributed by atoms with Crippen molar-refractivity contribution in [3.63, 3.8) is 0 Å². The topological polar surface area (TPSA) is 115 Å². The molecule has 0 fully saturated rings. The molecule has 4 aromatic rings. The summed E-state index contributed by atoms with van der Waals surface area (Å²) in [7, 11) is 0. The van der Waals surface area contributed by atoms with Crippen molar-refractivity contribution in [1.29, 1.82) is 0 Å². The molecule has 1 amide bonds. The minimum atomic E-state index is -0.525. The van der Waals surface area contributed by atoms with Crippen LogP contribution >= 0.6 is 0 Å². The number of fused-ring (bicyclic) bond motifs is 1. The number of benzene rings is 2. The molecule has 4 rings (SSSR count). The number of carbonyl (C=O) groups is 1. The first kappa shape index (κ1) is 19.3. The van der Waals surface area contributed by atoms with E-state index in [0.717, 1.165) is 11.3 Å². The Labute approximate surface area is 171 Å². The lowest BCUT2D eigenvalue weighted by Crippen LogP contribution is -2.33. The van der Waals surface area contributed by atoms with Gasteiger partial charge in [-0.25, -0.2) is 14.5 Å². The number of nitrogens with zero attached hydrogens (tertiary/aromatic N) is 4. The average molecular weight is 404 g/mol. The Morgan fingerprint density at radius 2 is 1.90 bits per heavy atom. The van der Waals surface area contributed by atoms with Crippen LogP contribution in [0.4, 0.5) is 0 Å². The van der Waals surface area contributed by atoms with Crippen molar-refractivity contribution in [2.45, 2.75) is 25.9 Å². The normalized spacial score (nSPS) is 12.0. The van der Waals surface area contributed by atoms with Gasteiger partial charge in [-0.15, -0.1) is 0 Å². The number of nitrogens with one attached hydrogen (secondary N) is 2. The summed E-state index contributed by atoms with van der Waals surface area (Å²) < 4.78 is 3.06. The second-order valence-corrected chi connectivity index (χ2v) is 6.90. The van der Waals surface area contributed by atoms with Gasteiger partial charge >= 0.3 is 5.69 Å². The predicted octanol–water partition coefficient (Wildman–Crippen LogP) is 1.54. The van der Waals surface area contributed by atoms with Gasteiger partial charge in [0.05, 0.1) is 22.6 Å². The van der Waals surface area contributed by atoms with E-state index >= 15 is 0 Å². The Kier molecular flexibility index (Phi) is 5.25. The molecule has 152 valence electrons. The fraction of sp³-hybridized carbons (Fsp3) is 0.190. The van der Waals surface area contributed by atoms with Gasteiger partial charge in [0.1, 0.15) is 12.7 Å². The van der Waals surface area contributed by atoms with Gasteiger partial charge < -0.3 is 5.32 Å². The molecule has 2 heterocycles. The van der Waals surface area contributed by atoms with Crippen LogP contribution in [0.1, 0.15) is 24.9 Å². The van der Waals surface area contributed by atoms with E-state index in [1.807, 2.05) is 31.2 Å². The molecule has 0 saturated heterocycles. The van der Waals surface area contributed by atoms with Crippen LogP contribution in [-0.2, 0) is 11.3 Å². The molecule has 0 aliphatic rings. The number of para-hydroxylation sites is 1. The van der Waals surface area contributed by atoms with Crippen LogP contribution in [0.5, 0.6) is 0 Å². The van der Waals surface area contributed by atoms with Crippen LogP contribution in [0.25, 0.3) is 16.6 Å². The third kappa shape index (κ3) is 3.90. The highest BCUT2D eigenvalue weighted by Crippen LogP contribution is 2.15. The van der Waals surface area contributed by atoms with E-state index in [4.69, 9.17) is 0 Å². The summed E-state index contributed by atoms with van der Waals surface area (Å²) in [6.07, 6.45) is 3.19. The Morgan fingerprint density at radius 1 is 1.13 bits per heavy atom. The van der Waals surface area contributed by atoms with E-state index < -0.39 is 11.2 Å². The van der Waals surface area contributed by atoms with Gasteiger partial charge in [-0.1, -0.05) is 24.3 Å². The number of amides is 1. The van der Waals surface area contributed by atoms with E-state index in [0.29, 0.717) is 10.9 Å². The number of aromatic nitrogens is 5.